The number of aliphatic hydroxyl groups is 1. The van der Waals surface area contributed by atoms with Crippen molar-refractivity contribution >= 4 is 23.7 Å². The summed E-state index contributed by atoms with van der Waals surface area (Å²) >= 11 is 0. The number of rotatable bonds is 18. The Hall–Kier alpha value is -3.50. The molecule has 10 nitrogen and oxygen atoms in total. The predicted molar refractivity (Wildman–Crippen MR) is 170 cm³/mol. The van der Waals surface area contributed by atoms with E-state index in [1.807, 2.05) is 37.3 Å². The van der Waals surface area contributed by atoms with Crippen LogP contribution in [0.4, 0.5) is 0 Å². The molecule has 1 spiro atoms. The number of ether oxygens (including phenoxy) is 2. The second-order valence-corrected chi connectivity index (χ2v) is 12.3. The van der Waals surface area contributed by atoms with Crippen LogP contribution in [0.25, 0.3) is 0 Å². The maximum absolute atomic E-state index is 14.4. The van der Waals surface area contributed by atoms with Crippen LogP contribution < -0.4 is 5.32 Å². The maximum Gasteiger partial charge on any atom is 0.313 e. The predicted octanol–water partition coefficient (Wildman–Crippen LogP) is 3.70. The fourth-order valence-corrected chi connectivity index (χ4v) is 7.26. The van der Waals surface area contributed by atoms with Crippen molar-refractivity contribution in [3.8, 4) is 0 Å². The molecular weight excluding hydrogens is 574 g/mol. The normalized spacial score (nSPS) is 26.2. The monoisotopic (exact) mass is 623 g/mol. The Bertz CT molecular complexity index is 1220. The van der Waals surface area contributed by atoms with Crippen molar-refractivity contribution in [3.05, 3.63) is 61.2 Å². The molecule has 3 heterocycles. The molecule has 0 aromatic heterocycles. The molecular formula is C35H49N3O7. The zero-order chi connectivity index (χ0) is 32.6. The van der Waals surface area contributed by atoms with Gasteiger partial charge in [-0.15, -0.1) is 13.2 Å². The van der Waals surface area contributed by atoms with Gasteiger partial charge >= 0.3 is 5.97 Å². The molecule has 1 aromatic carbocycles. The Morgan fingerprint density at radius 1 is 1.20 bits per heavy atom. The molecule has 45 heavy (non-hydrogen) atoms. The number of allylic oxidation sites excluding steroid dienone is 1. The highest BCUT2D eigenvalue weighted by Crippen LogP contribution is 2.59. The van der Waals surface area contributed by atoms with Crippen molar-refractivity contribution in [2.24, 2.45) is 11.8 Å². The molecule has 0 unspecified atom stereocenters. The van der Waals surface area contributed by atoms with Crippen molar-refractivity contribution in [2.75, 3.05) is 26.2 Å². The number of likely N-dealkylation sites (tertiary alicyclic amines) is 1. The van der Waals surface area contributed by atoms with Crippen LogP contribution in [-0.4, -0.2) is 88.6 Å². The third-order valence-corrected chi connectivity index (χ3v) is 9.50. The number of fused-ring (bicyclic) bond motifs is 1. The van der Waals surface area contributed by atoms with Gasteiger partial charge in [-0.05, 0) is 37.7 Å². The maximum atomic E-state index is 14.4. The van der Waals surface area contributed by atoms with Gasteiger partial charge in [0.1, 0.15) is 17.7 Å². The smallest absolute Gasteiger partial charge is 0.313 e. The van der Waals surface area contributed by atoms with E-state index in [0.29, 0.717) is 44.3 Å². The van der Waals surface area contributed by atoms with Crippen molar-refractivity contribution in [3.63, 3.8) is 0 Å². The van der Waals surface area contributed by atoms with E-state index in [1.165, 1.54) is 4.90 Å². The molecule has 0 radical (unpaired) electrons. The third-order valence-electron chi connectivity index (χ3n) is 9.50. The quantitative estimate of drug-likeness (QED) is 0.145. The molecule has 3 fully saturated rings. The second-order valence-electron chi connectivity index (χ2n) is 12.3. The van der Waals surface area contributed by atoms with Crippen LogP contribution in [0.3, 0.4) is 0 Å². The number of nitrogens with one attached hydrogen (secondary N) is 1. The number of amides is 3. The highest BCUT2D eigenvalue weighted by Gasteiger charge is 2.75. The zero-order valence-electron chi connectivity index (χ0n) is 26.7. The number of esters is 1. The SMILES string of the molecule is C=CCCC(=O)NC[C@@H](OC(=O)[C@@H]1[C@H]2C(=O)N([C@@H](CC)CO)[C@H](C(=O)N(CC=C)CCCCC)[C@]23CC[C@H]1O3)c1ccccc1. The highest BCUT2D eigenvalue weighted by molar-refractivity contribution is 5.98. The van der Waals surface area contributed by atoms with E-state index >= 15 is 0 Å². The van der Waals surface area contributed by atoms with Crippen molar-refractivity contribution < 1.29 is 33.8 Å². The molecule has 7 atom stereocenters. The van der Waals surface area contributed by atoms with Gasteiger partial charge in [-0.2, -0.15) is 0 Å². The second kappa shape index (κ2) is 15.7. The van der Waals surface area contributed by atoms with E-state index in [4.69, 9.17) is 9.47 Å². The minimum absolute atomic E-state index is 0.0671. The summed E-state index contributed by atoms with van der Waals surface area (Å²) in [5, 5.41) is 13.2. The Morgan fingerprint density at radius 3 is 2.60 bits per heavy atom. The number of carbonyl (C=O) groups excluding carboxylic acids is 4. The molecule has 0 aliphatic carbocycles. The summed E-state index contributed by atoms with van der Waals surface area (Å²) in [4.78, 5) is 58.4. The van der Waals surface area contributed by atoms with Crippen LogP contribution >= 0.6 is 0 Å². The summed E-state index contributed by atoms with van der Waals surface area (Å²) in [7, 11) is 0. The van der Waals surface area contributed by atoms with Crippen molar-refractivity contribution in [1.29, 1.82) is 0 Å². The van der Waals surface area contributed by atoms with Crippen LogP contribution in [0.15, 0.2) is 55.6 Å². The van der Waals surface area contributed by atoms with E-state index in [1.54, 1.807) is 17.1 Å². The number of carbonyl (C=O) groups is 4. The minimum atomic E-state index is -1.20. The van der Waals surface area contributed by atoms with Gasteiger partial charge in [0, 0.05) is 19.5 Å². The van der Waals surface area contributed by atoms with Crippen LogP contribution in [0.5, 0.6) is 0 Å². The summed E-state index contributed by atoms with van der Waals surface area (Å²) in [6.45, 7) is 12.0. The van der Waals surface area contributed by atoms with E-state index in [9.17, 15) is 24.3 Å². The number of aliphatic hydroxyl groups excluding tert-OH is 1. The molecule has 10 heteroatoms. The zero-order valence-corrected chi connectivity index (χ0v) is 26.7. The Morgan fingerprint density at radius 2 is 1.96 bits per heavy atom. The Labute approximate surface area is 266 Å². The molecule has 2 bridgehead atoms. The van der Waals surface area contributed by atoms with Crippen LogP contribution in [0.1, 0.15) is 76.9 Å². The van der Waals surface area contributed by atoms with E-state index in [0.717, 1.165) is 19.3 Å². The lowest BCUT2D eigenvalue weighted by Gasteiger charge is -2.39. The summed E-state index contributed by atoms with van der Waals surface area (Å²) in [6, 6.07) is 7.59. The van der Waals surface area contributed by atoms with Gasteiger partial charge < -0.3 is 29.7 Å². The molecule has 2 N–H and O–H groups in total. The van der Waals surface area contributed by atoms with Crippen LogP contribution in [0, 0.1) is 11.8 Å². The molecule has 1 aromatic rings. The van der Waals surface area contributed by atoms with Gasteiger partial charge in [0.15, 0.2) is 0 Å². The lowest BCUT2D eigenvalue weighted by Crippen LogP contribution is -2.58. The van der Waals surface area contributed by atoms with Gasteiger partial charge in [-0.1, -0.05) is 69.2 Å². The molecule has 0 saturated carbocycles. The molecule has 3 aliphatic rings. The standard InChI is InChI=1S/C35H49N3O7/c1-5-9-14-21-37(20-7-3)33(42)31-35-19-18-26(45-35)29(30(35)32(41)38(31)25(8-4)23-39)34(43)44-27(24-15-12-11-13-16-24)22-36-28(40)17-10-6-2/h6-7,11-13,15-16,25-27,29-31,39H,2-3,5,8-10,14,17-23H2,1,4H3,(H,36,40)/t25-,26+,27+,29-,30-,31+,35-/m0/s1. The number of hydrogen-bond acceptors (Lipinski definition) is 7. The largest absolute Gasteiger partial charge is 0.455 e. The molecule has 4 rings (SSSR count). The fourth-order valence-electron chi connectivity index (χ4n) is 7.26. The summed E-state index contributed by atoms with van der Waals surface area (Å²) in [6.07, 6.45) is 6.94. The van der Waals surface area contributed by atoms with Gasteiger partial charge in [0.25, 0.3) is 0 Å². The third kappa shape index (κ3) is 7.02. The van der Waals surface area contributed by atoms with E-state index in [2.05, 4.69) is 25.4 Å². The number of unbranched alkanes of at least 4 members (excludes halogenated alkanes) is 2. The average Bonchev–Trinajstić information content (AvgIpc) is 3.70. The first kappa shape index (κ1) is 34.4. The first-order valence-corrected chi connectivity index (χ1v) is 16.4. The van der Waals surface area contributed by atoms with Crippen molar-refractivity contribution in [2.45, 2.75) is 95.1 Å². The first-order valence-electron chi connectivity index (χ1n) is 16.4. The van der Waals surface area contributed by atoms with Crippen LogP contribution in [-0.2, 0) is 28.7 Å². The molecule has 3 amide bonds. The summed E-state index contributed by atoms with van der Waals surface area (Å²) < 4.78 is 12.7. The molecule has 3 aliphatic heterocycles. The number of hydrogen-bond donors (Lipinski definition) is 2. The fraction of sp³-hybridized carbons (Fsp3) is 0.600. The lowest BCUT2D eigenvalue weighted by molar-refractivity contribution is -0.161. The first-order chi connectivity index (χ1) is 21.8. The minimum Gasteiger partial charge on any atom is -0.455 e. The Kier molecular flexibility index (Phi) is 12.0. The van der Waals surface area contributed by atoms with Gasteiger partial charge in [0.05, 0.1) is 37.1 Å². The lowest BCUT2D eigenvalue weighted by atomic mass is 9.70. The van der Waals surface area contributed by atoms with Crippen molar-refractivity contribution in [1.82, 2.24) is 15.1 Å². The highest BCUT2D eigenvalue weighted by atomic mass is 16.6. The van der Waals surface area contributed by atoms with E-state index in [-0.39, 0.29) is 37.3 Å². The number of benzene rings is 1. The summed E-state index contributed by atoms with van der Waals surface area (Å²) in [5.74, 6) is -3.22. The number of nitrogens with zero attached hydrogens (tertiary/aromatic N) is 2. The van der Waals surface area contributed by atoms with Crippen LogP contribution in [0.2, 0.25) is 0 Å². The topological polar surface area (TPSA) is 125 Å². The molecule has 246 valence electrons. The molecule has 3 saturated heterocycles. The van der Waals surface area contributed by atoms with Gasteiger partial charge in [-0.3, -0.25) is 19.2 Å². The Balaban J connectivity index is 1.64. The van der Waals surface area contributed by atoms with Gasteiger partial charge in [0.2, 0.25) is 17.7 Å². The van der Waals surface area contributed by atoms with Gasteiger partial charge in [-0.25, -0.2) is 0 Å². The van der Waals surface area contributed by atoms with E-state index < -0.39 is 47.7 Å². The average molecular weight is 624 g/mol. The summed E-state index contributed by atoms with van der Waals surface area (Å²) in [5.41, 5.74) is -0.490.